The third-order valence-electron chi connectivity index (χ3n) is 4.74. The molecule has 1 saturated heterocycles. The van der Waals surface area contributed by atoms with Gasteiger partial charge in [0.25, 0.3) is 0 Å². The Morgan fingerprint density at radius 1 is 1.14 bits per heavy atom. The van der Waals surface area contributed by atoms with E-state index in [0.29, 0.717) is 24.9 Å². The molecule has 116 valence electrons. The first-order valence-electron chi connectivity index (χ1n) is 8.27. The molecule has 2 aliphatic rings. The van der Waals surface area contributed by atoms with E-state index in [2.05, 4.69) is 15.5 Å². The van der Waals surface area contributed by atoms with Crippen molar-refractivity contribution in [2.45, 2.75) is 57.3 Å². The SMILES string of the molecule is O=C(Nc1cc(C2CCCCCC2)[nH]n1)C1CCOCC1. The van der Waals surface area contributed by atoms with Gasteiger partial charge in [0.05, 0.1) is 0 Å². The van der Waals surface area contributed by atoms with Gasteiger partial charge in [0.1, 0.15) is 0 Å². The van der Waals surface area contributed by atoms with Gasteiger partial charge in [-0.2, -0.15) is 5.10 Å². The van der Waals surface area contributed by atoms with E-state index in [1.165, 1.54) is 44.2 Å². The first-order valence-corrected chi connectivity index (χ1v) is 8.27. The van der Waals surface area contributed by atoms with Gasteiger partial charge in [-0.25, -0.2) is 0 Å². The van der Waals surface area contributed by atoms with Gasteiger partial charge < -0.3 is 10.1 Å². The number of carbonyl (C=O) groups is 1. The molecule has 1 amide bonds. The van der Waals surface area contributed by atoms with Crippen LogP contribution in [0.15, 0.2) is 6.07 Å². The lowest BCUT2D eigenvalue weighted by molar-refractivity contribution is -0.122. The number of ether oxygens (including phenoxy) is 1. The van der Waals surface area contributed by atoms with E-state index >= 15 is 0 Å². The highest BCUT2D eigenvalue weighted by Gasteiger charge is 2.23. The van der Waals surface area contributed by atoms with Gasteiger partial charge in [0.2, 0.25) is 5.91 Å². The van der Waals surface area contributed by atoms with E-state index in [9.17, 15) is 4.79 Å². The molecular formula is C16H25N3O2. The Kier molecular flexibility index (Phi) is 4.91. The topological polar surface area (TPSA) is 67.0 Å². The molecule has 5 heteroatoms. The number of hydrogen-bond acceptors (Lipinski definition) is 3. The molecule has 0 unspecified atom stereocenters. The van der Waals surface area contributed by atoms with E-state index in [0.717, 1.165) is 12.8 Å². The summed E-state index contributed by atoms with van der Waals surface area (Å²) >= 11 is 0. The Balaban J connectivity index is 1.57. The van der Waals surface area contributed by atoms with Gasteiger partial charge in [-0.3, -0.25) is 9.89 Å². The Morgan fingerprint density at radius 2 is 1.86 bits per heavy atom. The molecule has 3 rings (SSSR count). The number of aromatic amines is 1. The highest BCUT2D eigenvalue weighted by Crippen LogP contribution is 2.31. The molecule has 2 N–H and O–H groups in total. The number of rotatable bonds is 3. The van der Waals surface area contributed by atoms with Crippen LogP contribution in [0.1, 0.15) is 63.0 Å². The third kappa shape index (κ3) is 3.84. The average Bonchev–Trinajstić information content (AvgIpc) is 2.81. The molecular weight excluding hydrogens is 266 g/mol. The van der Waals surface area contributed by atoms with Gasteiger partial charge in [0.15, 0.2) is 5.82 Å². The van der Waals surface area contributed by atoms with Crippen LogP contribution in [-0.2, 0) is 9.53 Å². The van der Waals surface area contributed by atoms with Crippen molar-refractivity contribution < 1.29 is 9.53 Å². The summed E-state index contributed by atoms with van der Waals surface area (Å²) in [5.41, 5.74) is 1.18. The van der Waals surface area contributed by atoms with Crippen LogP contribution in [0.3, 0.4) is 0 Å². The highest BCUT2D eigenvalue weighted by atomic mass is 16.5. The van der Waals surface area contributed by atoms with E-state index in [-0.39, 0.29) is 11.8 Å². The van der Waals surface area contributed by atoms with Gasteiger partial charge in [-0.15, -0.1) is 0 Å². The van der Waals surface area contributed by atoms with Crippen molar-refractivity contribution >= 4 is 11.7 Å². The standard InChI is InChI=1S/C16H25N3O2/c20-16(13-7-9-21-10-8-13)17-15-11-14(18-19-15)12-5-3-1-2-4-6-12/h11-13H,1-10H2,(H2,17,18,19,20). The number of carbonyl (C=O) groups excluding carboxylic acids is 1. The number of hydrogen-bond donors (Lipinski definition) is 2. The zero-order valence-electron chi connectivity index (χ0n) is 12.6. The number of H-pyrrole nitrogens is 1. The summed E-state index contributed by atoms with van der Waals surface area (Å²) in [6.07, 6.45) is 9.37. The van der Waals surface area contributed by atoms with Crippen LogP contribution < -0.4 is 5.32 Å². The quantitative estimate of drug-likeness (QED) is 0.840. The van der Waals surface area contributed by atoms with Crippen LogP contribution in [-0.4, -0.2) is 29.3 Å². The van der Waals surface area contributed by atoms with Gasteiger partial charge in [-0.05, 0) is 25.7 Å². The Morgan fingerprint density at radius 3 is 2.57 bits per heavy atom. The van der Waals surface area contributed by atoms with E-state index in [4.69, 9.17) is 4.74 Å². The van der Waals surface area contributed by atoms with Crippen LogP contribution >= 0.6 is 0 Å². The fourth-order valence-electron chi connectivity index (χ4n) is 3.39. The van der Waals surface area contributed by atoms with Crippen LogP contribution in [0, 0.1) is 5.92 Å². The Bertz CT molecular complexity index is 458. The predicted molar refractivity (Wildman–Crippen MR) is 81.2 cm³/mol. The maximum Gasteiger partial charge on any atom is 0.228 e. The minimum atomic E-state index is 0.0665. The predicted octanol–water partition coefficient (Wildman–Crippen LogP) is 3.21. The number of nitrogens with one attached hydrogen (secondary N) is 2. The average molecular weight is 291 g/mol. The van der Waals surface area contributed by atoms with E-state index < -0.39 is 0 Å². The summed E-state index contributed by atoms with van der Waals surface area (Å²) in [7, 11) is 0. The second-order valence-corrected chi connectivity index (χ2v) is 6.27. The van der Waals surface area contributed by atoms with Crippen LogP contribution in [0.5, 0.6) is 0 Å². The molecule has 1 aromatic rings. The lowest BCUT2D eigenvalue weighted by Gasteiger charge is -2.20. The summed E-state index contributed by atoms with van der Waals surface area (Å²) in [6.45, 7) is 1.37. The molecule has 1 saturated carbocycles. The second-order valence-electron chi connectivity index (χ2n) is 6.27. The smallest absolute Gasteiger partial charge is 0.228 e. The summed E-state index contributed by atoms with van der Waals surface area (Å²) in [4.78, 5) is 12.2. The van der Waals surface area contributed by atoms with Crippen molar-refractivity contribution in [2.24, 2.45) is 5.92 Å². The summed E-state index contributed by atoms with van der Waals surface area (Å²) in [5.74, 6) is 1.40. The third-order valence-corrected chi connectivity index (χ3v) is 4.74. The second kappa shape index (κ2) is 7.07. The first kappa shape index (κ1) is 14.6. The maximum atomic E-state index is 12.2. The number of aromatic nitrogens is 2. The van der Waals surface area contributed by atoms with Crippen molar-refractivity contribution in [3.05, 3.63) is 11.8 Å². The van der Waals surface area contributed by atoms with Crippen LogP contribution in [0.2, 0.25) is 0 Å². The molecule has 21 heavy (non-hydrogen) atoms. The largest absolute Gasteiger partial charge is 0.381 e. The molecule has 1 aliphatic heterocycles. The van der Waals surface area contributed by atoms with Crippen molar-refractivity contribution in [1.29, 1.82) is 0 Å². The molecule has 1 aliphatic carbocycles. The lowest BCUT2D eigenvalue weighted by Crippen LogP contribution is -2.28. The zero-order chi connectivity index (χ0) is 14.5. The highest BCUT2D eigenvalue weighted by molar-refractivity contribution is 5.91. The normalized spacial score (nSPS) is 21.9. The molecule has 5 nitrogen and oxygen atoms in total. The van der Waals surface area contributed by atoms with Gasteiger partial charge >= 0.3 is 0 Å². The molecule has 0 aromatic carbocycles. The maximum absolute atomic E-state index is 12.2. The Labute approximate surface area is 125 Å². The molecule has 1 aromatic heterocycles. The fourth-order valence-corrected chi connectivity index (χ4v) is 3.39. The monoisotopic (exact) mass is 291 g/mol. The van der Waals surface area contributed by atoms with Crippen LogP contribution in [0.4, 0.5) is 5.82 Å². The minimum absolute atomic E-state index is 0.0665. The molecule has 0 atom stereocenters. The molecule has 2 fully saturated rings. The zero-order valence-corrected chi connectivity index (χ0v) is 12.6. The molecule has 0 spiro atoms. The number of anilines is 1. The van der Waals surface area contributed by atoms with Crippen molar-refractivity contribution in [3.8, 4) is 0 Å². The summed E-state index contributed by atoms with van der Waals surface area (Å²) in [5, 5.41) is 10.3. The van der Waals surface area contributed by atoms with Crippen molar-refractivity contribution in [3.63, 3.8) is 0 Å². The summed E-state index contributed by atoms with van der Waals surface area (Å²) < 4.78 is 5.29. The number of amides is 1. The molecule has 2 heterocycles. The molecule has 0 radical (unpaired) electrons. The first-order chi connectivity index (χ1) is 10.3. The van der Waals surface area contributed by atoms with E-state index in [1.54, 1.807) is 0 Å². The van der Waals surface area contributed by atoms with Crippen molar-refractivity contribution in [1.82, 2.24) is 10.2 Å². The number of nitrogens with zero attached hydrogens (tertiary/aromatic N) is 1. The van der Waals surface area contributed by atoms with Gasteiger partial charge in [0, 0.05) is 36.8 Å². The van der Waals surface area contributed by atoms with E-state index in [1.807, 2.05) is 6.07 Å². The van der Waals surface area contributed by atoms with Crippen molar-refractivity contribution in [2.75, 3.05) is 18.5 Å². The fraction of sp³-hybridized carbons (Fsp3) is 0.750. The van der Waals surface area contributed by atoms with Crippen LogP contribution in [0.25, 0.3) is 0 Å². The summed E-state index contributed by atoms with van der Waals surface area (Å²) in [6, 6.07) is 2.02. The Hall–Kier alpha value is -1.36. The lowest BCUT2D eigenvalue weighted by atomic mass is 9.97. The van der Waals surface area contributed by atoms with Gasteiger partial charge in [-0.1, -0.05) is 25.7 Å². The minimum Gasteiger partial charge on any atom is -0.381 e. The molecule has 0 bridgehead atoms.